The lowest BCUT2D eigenvalue weighted by molar-refractivity contribution is -0.277. The molecule has 0 unspecified atom stereocenters. The van der Waals surface area contributed by atoms with Gasteiger partial charge >= 0.3 is 17.9 Å². The van der Waals surface area contributed by atoms with Crippen molar-refractivity contribution < 1.29 is 33.3 Å². The minimum Gasteiger partial charge on any atom is -0.465 e. The third-order valence-corrected chi connectivity index (χ3v) is 8.15. The van der Waals surface area contributed by atoms with Crippen LogP contribution in [0, 0.1) is 17.3 Å². The predicted molar refractivity (Wildman–Crippen MR) is 119 cm³/mol. The number of ether oxygens (including phenoxy) is 4. The Morgan fingerprint density at radius 1 is 1.00 bits per heavy atom. The number of carbonyl (C=O) groups excluding carboxylic acids is 3. The zero-order chi connectivity index (χ0) is 24.0. The molecule has 2 saturated carbocycles. The number of hydrogen-bond acceptors (Lipinski definition) is 7. The average molecular weight is 459 g/mol. The second-order valence-corrected chi connectivity index (χ2v) is 10.4. The first-order valence-electron chi connectivity index (χ1n) is 11.8. The van der Waals surface area contributed by atoms with Gasteiger partial charge < -0.3 is 18.9 Å². The molecule has 1 aromatic rings. The third kappa shape index (κ3) is 3.84. The summed E-state index contributed by atoms with van der Waals surface area (Å²) in [5.41, 5.74) is -1.77. The van der Waals surface area contributed by atoms with E-state index in [0.717, 1.165) is 12.8 Å². The van der Waals surface area contributed by atoms with Crippen LogP contribution in [0.3, 0.4) is 0 Å². The number of carbonyl (C=O) groups is 3. The molecule has 4 rings (SSSR count). The summed E-state index contributed by atoms with van der Waals surface area (Å²) < 4.78 is 24.6. The molecule has 1 saturated heterocycles. The van der Waals surface area contributed by atoms with Crippen molar-refractivity contribution in [2.24, 2.45) is 17.3 Å². The van der Waals surface area contributed by atoms with E-state index in [4.69, 9.17) is 18.9 Å². The van der Waals surface area contributed by atoms with Crippen LogP contribution in [0.2, 0.25) is 0 Å². The van der Waals surface area contributed by atoms with E-state index < -0.39 is 46.7 Å². The molecule has 3 aliphatic rings. The molecule has 1 aromatic carbocycles. The van der Waals surface area contributed by atoms with Crippen molar-refractivity contribution >= 4 is 17.9 Å². The van der Waals surface area contributed by atoms with Gasteiger partial charge in [-0.2, -0.15) is 0 Å². The van der Waals surface area contributed by atoms with Crippen molar-refractivity contribution in [1.29, 1.82) is 0 Å². The van der Waals surface area contributed by atoms with Gasteiger partial charge in [-0.05, 0) is 63.5 Å². The maximum atomic E-state index is 13.2. The lowest BCUT2D eigenvalue weighted by Gasteiger charge is -2.60. The number of esters is 3. The lowest BCUT2D eigenvalue weighted by Crippen LogP contribution is -2.71. The van der Waals surface area contributed by atoms with Crippen LogP contribution in [0.15, 0.2) is 30.3 Å². The highest BCUT2D eigenvalue weighted by molar-refractivity contribution is 5.89. The molecule has 0 amide bonds. The van der Waals surface area contributed by atoms with E-state index in [1.54, 1.807) is 24.3 Å². The summed E-state index contributed by atoms with van der Waals surface area (Å²) >= 11 is 0. The van der Waals surface area contributed by atoms with Crippen molar-refractivity contribution in [2.75, 3.05) is 6.61 Å². The average Bonchev–Trinajstić information content (AvgIpc) is 2.98. The minimum atomic E-state index is -1.00. The smallest absolute Gasteiger partial charge is 0.338 e. The van der Waals surface area contributed by atoms with Gasteiger partial charge in [0.2, 0.25) is 0 Å². The molecule has 2 bridgehead atoms. The maximum absolute atomic E-state index is 13.2. The molecule has 7 heteroatoms. The van der Waals surface area contributed by atoms with Crippen LogP contribution in [0.5, 0.6) is 0 Å². The fourth-order valence-electron chi connectivity index (χ4n) is 6.55. The summed E-state index contributed by atoms with van der Waals surface area (Å²) in [5.74, 6) is -1.06. The van der Waals surface area contributed by atoms with Crippen molar-refractivity contribution in [3.05, 3.63) is 35.9 Å². The molecule has 1 spiro atoms. The largest absolute Gasteiger partial charge is 0.465 e. The van der Waals surface area contributed by atoms with Crippen LogP contribution in [0.4, 0.5) is 0 Å². The normalized spacial score (nSPS) is 36.4. The van der Waals surface area contributed by atoms with E-state index in [2.05, 4.69) is 20.8 Å². The number of rotatable bonds is 5. The van der Waals surface area contributed by atoms with E-state index in [1.165, 1.54) is 13.8 Å². The first kappa shape index (κ1) is 23.7. The third-order valence-electron chi connectivity index (χ3n) is 8.15. The Labute approximate surface area is 195 Å². The molecule has 33 heavy (non-hydrogen) atoms. The Morgan fingerprint density at radius 3 is 2.33 bits per heavy atom. The molecule has 2 aliphatic carbocycles. The van der Waals surface area contributed by atoms with E-state index in [1.807, 2.05) is 6.07 Å². The highest BCUT2D eigenvalue weighted by Gasteiger charge is 2.75. The second kappa shape index (κ2) is 8.42. The lowest BCUT2D eigenvalue weighted by atomic mass is 9.49. The van der Waals surface area contributed by atoms with E-state index >= 15 is 0 Å². The van der Waals surface area contributed by atoms with Crippen molar-refractivity contribution in [2.45, 2.75) is 83.7 Å². The van der Waals surface area contributed by atoms with Crippen LogP contribution in [-0.2, 0) is 28.5 Å². The SMILES string of the molecule is CC(=O)OC[C@@]12[C@@H](OC(C)=O)CC[C@@H](C)[C@@]13C[C@@H](C[C@@H]2OC(=O)c1ccccc1)C(C)(C)O3. The van der Waals surface area contributed by atoms with Gasteiger partial charge in [0.25, 0.3) is 0 Å². The standard InChI is InChI=1S/C26H34O7/c1-16-11-12-21(31-18(3)28)25(15-30-17(2)27)22(32-23(29)19-9-7-6-8-10-19)13-20-14-26(16,25)33-24(20,4)5/h6-10,16,20-22H,11-15H2,1-5H3/t16-,20-,21+,22+,25+,26+/m1/s1. The van der Waals surface area contributed by atoms with Gasteiger partial charge in [-0.1, -0.05) is 25.1 Å². The Kier molecular flexibility index (Phi) is 6.06. The molecular formula is C26H34O7. The van der Waals surface area contributed by atoms with Crippen LogP contribution in [0.25, 0.3) is 0 Å². The van der Waals surface area contributed by atoms with Gasteiger partial charge in [0.05, 0.1) is 16.8 Å². The molecule has 180 valence electrons. The van der Waals surface area contributed by atoms with E-state index in [-0.39, 0.29) is 18.4 Å². The van der Waals surface area contributed by atoms with Gasteiger partial charge in [-0.15, -0.1) is 0 Å². The second-order valence-electron chi connectivity index (χ2n) is 10.4. The maximum Gasteiger partial charge on any atom is 0.338 e. The summed E-state index contributed by atoms with van der Waals surface area (Å²) in [4.78, 5) is 37.3. The molecule has 3 fully saturated rings. The van der Waals surface area contributed by atoms with E-state index in [9.17, 15) is 14.4 Å². The topological polar surface area (TPSA) is 88.1 Å². The summed E-state index contributed by atoms with van der Waals surface area (Å²) in [5, 5.41) is 0. The molecule has 1 aliphatic heterocycles. The number of hydrogen-bond donors (Lipinski definition) is 0. The fraction of sp³-hybridized carbons (Fsp3) is 0.654. The van der Waals surface area contributed by atoms with Gasteiger partial charge in [0, 0.05) is 13.8 Å². The number of fused-ring (bicyclic) bond motifs is 1. The molecule has 0 radical (unpaired) electrons. The molecule has 0 N–H and O–H groups in total. The van der Waals surface area contributed by atoms with E-state index in [0.29, 0.717) is 18.4 Å². The quantitative estimate of drug-likeness (QED) is 0.485. The van der Waals surface area contributed by atoms with Crippen molar-refractivity contribution in [3.8, 4) is 0 Å². The highest BCUT2D eigenvalue weighted by Crippen LogP contribution is 2.67. The first-order valence-corrected chi connectivity index (χ1v) is 11.8. The Bertz CT molecular complexity index is 926. The van der Waals surface area contributed by atoms with Crippen molar-refractivity contribution in [3.63, 3.8) is 0 Å². The zero-order valence-corrected chi connectivity index (χ0v) is 20.1. The van der Waals surface area contributed by atoms with Gasteiger partial charge in [-0.3, -0.25) is 9.59 Å². The molecule has 7 nitrogen and oxygen atoms in total. The molecule has 6 atom stereocenters. The van der Waals surface area contributed by atoms with Crippen molar-refractivity contribution in [1.82, 2.24) is 0 Å². The molecule has 0 aromatic heterocycles. The summed E-state index contributed by atoms with van der Waals surface area (Å²) in [6.45, 7) is 8.94. The fourth-order valence-corrected chi connectivity index (χ4v) is 6.55. The van der Waals surface area contributed by atoms with Gasteiger partial charge in [-0.25, -0.2) is 4.79 Å². The summed E-state index contributed by atoms with van der Waals surface area (Å²) in [7, 11) is 0. The van der Waals surface area contributed by atoms with Gasteiger partial charge in [0.1, 0.15) is 24.2 Å². The Balaban J connectivity index is 1.84. The van der Waals surface area contributed by atoms with Crippen LogP contribution >= 0.6 is 0 Å². The summed E-state index contributed by atoms with van der Waals surface area (Å²) in [6, 6.07) is 8.83. The monoisotopic (exact) mass is 458 g/mol. The first-order chi connectivity index (χ1) is 15.5. The van der Waals surface area contributed by atoms with Crippen LogP contribution < -0.4 is 0 Å². The summed E-state index contributed by atoms with van der Waals surface area (Å²) in [6.07, 6.45) is 1.41. The predicted octanol–water partition coefficient (Wildman–Crippen LogP) is 4.08. The van der Waals surface area contributed by atoms with Crippen LogP contribution in [0.1, 0.15) is 70.7 Å². The Hall–Kier alpha value is -2.41. The molecular weight excluding hydrogens is 424 g/mol. The Morgan fingerprint density at radius 2 is 1.70 bits per heavy atom. The van der Waals surface area contributed by atoms with Crippen LogP contribution in [-0.4, -0.2) is 47.9 Å². The minimum absolute atomic E-state index is 0.0415. The highest BCUT2D eigenvalue weighted by atomic mass is 16.6. The number of benzene rings is 1. The zero-order valence-electron chi connectivity index (χ0n) is 20.1. The molecule has 1 heterocycles. The van der Waals surface area contributed by atoms with Gasteiger partial charge in [0.15, 0.2) is 0 Å².